The van der Waals surface area contributed by atoms with Crippen LogP contribution < -0.4 is 5.32 Å². The first-order chi connectivity index (χ1) is 18.4. The fraction of sp³-hybridized carbons (Fsp3) is 0.440. The molecule has 0 saturated carbocycles. The average molecular weight is 766 g/mol. The predicted molar refractivity (Wildman–Crippen MR) is 140 cm³/mol. The molecule has 2 aromatic heterocycles. The van der Waals surface area contributed by atoms with Gasteiger partial charge in [0.05, 0.1) is 28.4 Å². The Bertz CT molecular complexity index is 1430. The zero-order valence-corrected chi connectivity index (χ0v) is 27.1. The molecule has 0 aliphatic carbocycles. The number of rotatable bonds is 9. The van der Waals surface area contributed by atoms with E-state index in [2.05, 4.69) is 15.3 Å². The van der Waals surface area contributed by atoms with Gasteiger partial charge in [0, 0.05) is 69.7 Å². The number of pyridine rings is 1. The maximum atomic E-state index is 14.1. The van der Waals surface area contributed by atoms with Crippen molar-refractivity contribution >= 4 is 48.8 Å². The first kappa shape index (κ1) is 32.5. The number of methoxy groups -OCH3 is 1. The van der Waals surface area contributed by atoms with Crippen LogP contribution in [-0.2, 0) is 45.2 Å². The Kier molecular flexibility index (Phi) is 10.9. The third kappa shape index (κ3) is 7.08. The van der Waals surface area contributed by atoms with Crippen LogP contribution in [0.5, 0.6) is 0 Å². The Balaban J connectivity index is 0.00000441. The molecule has 0 unspecified atom stereocenters. The number of anilines is 2. The summed E-state index contributed by atoms with van der Waals surface area (Å²) in [4.78, 5) is 23.0. The molecule has 1 N–H and O–H groups in total. The van der Waals surface area contributed by atoms with Crippen LogP contribution >= 0.6 is 11.3 Å². The van der Waals surface area contributed by atoms with Crippen LogP contribution in [0.3, 0.4) is 0 Å². The normalized spacial score (nSPS) is 17.0. The molecule has 40 heavy (non-hydrogen) atoms. The number of fused-ring (bicyclic) bond motifs is 1. The van der Waals surface area contributed by atoms with Gasteiger partial charge in [-0.2, -0.15) is 0 Å². The molecule has 1 amide bonds. The summed E-state index contributed by atoms with van der Waals surface area (Å²) >= 11 is 1.25. The van der Waals surface area contributed by atoms with E-state index in [0.717, 1.165) is 12.0 Å². The summed E-state index contributed by atoms with van der Waals surface area (Å²) in [6, 6.07) is 4.27. The summed E-state index contributed by atoms with van der Waals surface area (Å²) in [7, 11) is -0.768. The van der Waals surface area contributed by atoms with Gasteiger partial charge in [-0.1, -0.05) is 23.5 Å². The molecule has 1 aliphatic heterocycles. The molecule has 1 aromatic carbocycles. The molecule has 15 heteroatoms. The van der Waals surface area contributed by atoms with Gasteiger partial charge in [-0.25, -0.2) is 27.2 Å². The maximum absolute atomic E-state index is 14.1. The number of ether oxygens (including phenoxy) is 1. The van der Waals surface area contributed by atoms with Crippen molar-refractivity contribution < 1.29 is 61.4 Å². The second-order valence-corrected chi connectivity index (χ2v) is 12.8. The van der Waals surface area contributed by atoms with Gasteiger partial charge in [0.2, 0.25) is 5.91 Å². The number of aryl methyl sites for hydroxylation is 1. The smallest absolute Gasteiger partial charge is 0.262 e. The molecule has 1 saturated heterocycles. The van der Waals surface area contributed by atoms with Crippen LogP contribution in [0.15, 0.2) is 30.5 Å². The molecule has 2 atom stereocenters. The Morgan fingerprint density at radius 1 is 1.20 bits per heavy atom. The number of halogens is 4. The van der Waals surface area contributed by atoms with Crippen molar-refractivity contribution in [1.82, 2.24) is 14.9 Å². The van der Waals surface area contributed by atoms with E-state index in [1.54, 1.807) is 6.92 Å². The molecule has 1 aliphatic rings. The van der Waals surface area contributed by atoms with Gasteiger partial charge in [-0.15, -0.1) is 0 Å². The van der Waals surface area contributed by atoms with Crippen LogP contribution in [0.2, 0.25) is 0 Å². The van der Waals surface area contributed by atoms with E-state index < -0.39 is 46.7 Å². The van der Waals surface area contributed by atoms with E-state index in [9.17, 15) is 30.8 Å². The Morgan fingerprint density at radius 2 is 1.82 bits per heavy atom. The minimum absolute atomic E-state index is 0. The van der Waals surface area contributed by atoms with Crippen molar-refractivity contribution in [3.05, 3.63) is 53.0 Å². The van der Waals surface area contributed by atoms with E-state index in [1.807, 2.05) is 0 Å². The van der Waals surface area contributed by atoms with Gasteiger partial charge in [-0.3, -0.25) is 4.79 Å². The van der Waals surface area contributed by atoms with Crippen molar-refractivity contribution in [2.24, 2.45) is 5.92 Å². The van der Waals surface area contributed by atoms with Crippen molar-refractivity contribution in [3.63, 3.8) is 0 Å². The molecule has 0 bridgehead atoms. The topological polar surface area (TPSA) is 101 Å². The fourth-order valence-electron chi connectivity index (χ4n) is 4.70. The maximum Gasteiger partial charge on any atom is 0.262 e. The van der Waals surface area contributed by atoms with Crippen LogP contribution in [0.4, 0.5) is 28.9 Å². The minimum atomic E-state index is -3.20. The van der Waals surface area contributed by atoms with E-state index in [-0.39, 0.29) is 72.5 Å². The zero-order chi connectivity index (χ0) is 28.5. The van der Waals surface area contributed by atoms with Gasteiger partial charge in [-0.05, 0) is 37.5 Å². The van der Waals surface area contributed by atoms with Crippen LogP contribution in [0.1, 0.15) is 41.1 Å². The molecule has 4 rings (SSSR count). The number of thiazole rings is 1. The SMILES string of the molecule is CO[C@H](c1c(Nc2ccc([C@@H](C(F)F)N(C)C(=O)C3CCS(=O)(=O)CC3)cc2)cnc2sc(C)nc12)[C-](F)F.[Hf]. The first-order valence-corrected chi connectivity index (χ1v) is 14.6. The summed E-state index contributed by atoms with van der Waals surface area (Å²) in [5, 5.41) is 3.64. The number of benzene rings is 1. The summed E-state index contributed by atoms with van der Waals surface area (Å²) < 4.78 is 84.2. The second kappa shape index (κ2) is 13.3. The number of carbonyl (C=O) groups is 1. The molecular weight excluding hydrogens is 739 g/mol. The largest absolute Gasteiger partial charge is 0.418 e. The monoisotopic (exact) mass is 767 g/mol. The molecule has 1 fully saturated rings. The number of nitrogens with zero attached hydrogens (tertiary/aromatic N) is 3. The van der Waals surface area contributed by atoms with Gasteiger partial charge in [0.25, 0.3) is 6.43 Å². The Hall–Kier alpha value is -1.97. The summed E-state index contributed by atoms with van der Waals surface area (Å²) in [5.74, 6) is -1.46. The molecule has 0 radical (unpaired) electrons. The number of amides is 1. The number of hydrogen-bond acceptors (Lipinski definition) is 8. The number of aromatic nitrogens is 2. The molecule has 3 aromatic rings. The van der Waals surface area contributed by atoms with Crippen LogP contribution in [0, 0.1) is 19.3 Å². The molecule has 3 heterocycles. The number of nitrogens with one attached hydrogen (secondary N) is 1. The van der Waals surface area contributed by atoms with Crippen LogP contribution in [-0.4, -0.2) is 61.3 Å². The number of carbonyl (C=O) groups excluding carboxylic acids is 1. The third-order valence-corrected chi connectivity index (χ3v) is 9.30. The number of alkyl halides is 2. The summed E-state index contributed by atoms with van der Waals surface area (Å²) in [5.41, 5.74) is 1.15. The van der Waals surface area contributed by atoms with Crippen molar-refractivity contribution in [2.45, 2.75) is 38.3 Å². The number of hydrogen-bond donors (Lipinski definition) is 1. The molecular formula is C25H27F4HfN4O4S2-. The van der Waals surface area contributed by atoms with E-state index in [4.69, 9.17) is 4.74 Å². The third-order valence-electron chi connectivity index (χ3n) is 6.71. The van der Waals surface area contributed by atoms with Crippen LogP contribution in [0.25, 0.3) is 10.3 Å². The van der Waals surface area contributed by atoms with Gasteiger partial charge < -0.3 is 23.7 Å². The molecule has 0 spiro atoms. The Morgan fingerprint density at radius 3 is 2.38 bits per heavy atom. The minimum Gasteiger partial charge on any atom is -0.418 e. The zero-order valence-electron chi connectivity index (χ0n) is 21.8. The van der Waals surface area contributed by atoms with Gasteiger partial charge >= 0.3 is 0 Å². The summed E-state index contributed by atoms with van der Waals surface area (Å²) in [6.07, 6.45) is -4.93. The van der Waals surface area contributed by atoms with Gasteiger partial charge in [0.15, 0.2) is 0 Å². The van der Waals surface area contributed by atoms with Crippen molar-refractivity contribution in [3.8, 4) is 0 Å². The predicted octanol–water partition coefficient (Wildman–Crippen LogP) is 5.45. The second-order valence-electron chi connectivity index (χ2n) is 9.28. The average Bonchev–Trinajstić information content (AvgIpc) is 3.26. The Labute approximate surface area is 252 Å². The van der Waals surface area contributed by atoms with Crippen molar-refractivity contribution in [2.75, 3.05) is 31.0 Å². The van der Waals surface area contributed by atoms with Crippen molar-refractivity contribution in [1.29, 1.82) is 0 Å². The first-order valence-electron chi connectivity index (χ1n) is 12.0. The quantitative estimate of drug-likeness (QED) is 0.176. The van der Waals surface area contributed by atoms with E-state index >= 15 is 0 Å². The number of sulfone groups is 1. The standard InChI is InChI=1S/C25H27F4N4O4S2.Hf/c1-13-31-19-18(21(37-3)23(28)29)17(12-30-24(19)38-13)32-16-6-4-14(5-7-16)20(22(26)27)33(2)25(34)15-8-10-39(35,36)11-9-15;/h4-7,12,15,20-22,32H,8-11H2,1-3H3;/q-1;/t20-,21+;/m0./s1. The fourth-order valence-corrected chi connectivity index (χ4v) is 6.97. The van der Waals surface area contributed by atoms with E-state index in [1.165, 1.54) is 48.8 Å². The summed E-state index contributed by atoms with van der Waals surface area (Å²) in [6.45, 7) is 1.73. The molecule has 8 nitrogen and oxygen atoms in total. The van der Waals surface area contributed by atoms with Gasteiger partial charge in [0.1, 0.15) is 26.2 Å². The van der Waals surface area contributed by atoms with E-state index in [0.29, 0.717) is 15.5 Å². The molecule has 216 valence electrons.